The number of hydrogen-bond donors (Lipinski definition) is 1. The summed E-state index contributed by atoms with van der Waals surface area (Å²) in [6, 6.07) is 7.02. The SMILES string of the molecule is CCNc1ncnc(-c2ccc(OCC)cc2)c1[N+](=O)[O-]. The number of hydrogen-bond acceptors (Lipinski definition) is 6. The third-order valence-electron chi connectivity index (χ3n) is 2.79. The Balaban J connectivity index is 2.47. The standard InChI is InChI=1S/C14H16N4O3/c1-3-15-14-13(18(19)20)12(16-9-17-14)10-5-7-11(8-6-10)21-4-2/h5-9H,3-4H2,1-2H3,(H,15,16,17). The van der Waals surface area contributed by atoms with Gasteiger partial charge in [0.1, 0.15) is 12.1 Å². The molecule has 0 amide bonds. The Labute approximate surface area is 122 Å². The summed E-state index contributed by atoms with van der Waals surface area (Å²) in [4.78, 5) is 18.8. The van der Waals surface area contributed by atoms with Crippen LogP contribution in [0.15, 0.2) is 30.6 Å². The van der Waals surface area contributed by atoms with Gasteiger partial charge in [0.2, 0.25) is 5.82 Å². The highest BCUT2D eigenvalue weighted by molar-refractivity contribution is 5.76. The van der Waals surface area contributed by atoms with Crippen LogP contribution in [0.25, 0.3) is 11.3 Å². The molecular formula is C14H16N4O3. The normalized spacial score (nSPS) is 10.2. The van der Waals surface area contributed by atoms with Gasteiger partial charge >= 0.3 is 5.69 Å². The third kappa shape index (κ3) is 3.25. The zero-order valence-electron chi connectivity index (χ0n) is 11.9. The maximum absolute atomic E-state index is 11.3. The van der Waals surface area contributed by atoms with E-state index in [4.69, 9.17) is 4.74 Å². The van der Waals surface area contributed by atoms with Crippen LogP contribution in [0, 0.1) is 10.1 Å². The molecule has 1 aromatic heterocycles. The van der Waals surface area contributed by atoms with E-state index >= 15 is 0 Å². The van der Waals surface area contributed by atoms with Gasteiger partial charge in [0.25, 0.3) is 0 Å². The van der Waals surface area contributed by atoms with E-state index in [0.29, 0.717) is 24.5 Å². The summed E-state index contributed by atoms with van der Waals surface area (Å²) in [7, 11) is 0. The number of anilines is 1. The van der Waals surface area contributed by atoms with Gasteiger partial charge in [-0.15, -0.1) is 0 Å². The van der Waals surface area contributed by atoms with Crippen LogP contribution in [0.3, 0.4) is 0 Å². The van der Waals surface area contributed by atoms with E-state index in [-0.39, 0.29) is 17.2 Å². The number of nitrogens with zero attached hydrogens (tertiary/aromatic N) is 3. The van der Waals surface area contributed by atoms with Crippen molar-refractivity contribution in [1.82, 2.24) is 9.97 Å². The minimum atomic E-state index is -0.468. The Hall–Kier alpha value is -2.70. The van der Waals surface area contributed by atoms with Gasteiger partial charge in [0.15, 0.2) is 5.69 Å². The number of aromatic nitrogens is 2. The van der Waals surface area contributed by atoms with Crippen LogP contribution in [0.2, 0.25) is 0 Å². The Morgan fingerprint density at radius 3 is 2.52 bits per heavy atom. The van der Waals surface area contributed by atoms with Crippen LogP contribution in [0.4, 0.5) is 11.5 Å². The van der Waals surface area contributed by atoms with E-state index in [1.165, 1.54) is 6.33 Å². The van der Waals surface area contributed by atoms with Crippen LogP contribution in [-0.2, 0) is 0 Å². The summed E-state index contributed by atoms with van der Waals surface area (Å²) in [6.45, 7) is 4.85. The molecule has 0 unspecified atom stereocenters. The minimum Gasteiger partial charge on any atom is -0.494 e. The number of nitrogens with one attached hydrogen (secondary N) is 1. The molecule has 0 atom stereocenters. The van der Waals surface area contributed by atoms with Crippen LogP contribution < -0.4 is 10.1 Å². The van der Waals surface area contributed by atoms with Crippen molar-refractivity contribution in [3.05, 3.63) is 40.7 Å². The molecule has 110 valence electrons. The predicted molar refractivity (Wildman–Crippen MR) is 79.5 cm³/mol. The van der Waals surface area contributed by atoms with E-state index in [2.05, 4.69) is 15.3 Å². The summed E-state index contributed by atoms with van der Waals surface area (Å²) in [5, 5.41) is 14.2. The first-order chi connectivity index (χ1) is 10.2. The Morgan fingerprint density at radius 1 is 1.24 bits per heavy atom. The van der Waals surface area contributed by atoms with Crippen molar-refractivity contribution in [3.63, 3.8) is 0 Å². The van der Waals surface area contributed by atoms with Gasteiger partial charge in [-0.2, -0.15) is 0 Å². The minimum absolute atomic E-state index is 0.122. The lowest BCUT2D eigenvalue weighted by molar-refractivity contribution is -0.383. The molecule has 0 aliphatic carbocycles. The zero-order chi connectivity index (χ0) is 15.2. The Bertz CT molecular complexity index is 629. The highest BCUT2D eigenvalue weighted by Gasteiger charge is 2.23. The molecule has 0 bridgehead atoms. The monoisotopic (exact) mass is 288 g/mol. The molecule has 2 aromatic rings. The molecule has 2 rings (SSSR count). The molecule has 0 spiro atoms. The molecule has 0 fully saturated rings. The average Bonchev–Trinajstić information content (AvgIpc) is 2.48. The average molecular weight is 288 g/mol. The maximum Gasteiger partial charge on any atom is 0.337 e. The first-order valence-corrected chi connectivity index (χ1v) is 6.63. The quantitative estimate of drug-likeness (QED) is 0.649. The molecule has 21 heavy (non-hydrogen) atoms. The van der Waals surface area contributed by atoms with Gasteiger partial charge in [0.05, 0.1) is 11.5 Å². The van der Waals surface area contributed by atoms with Gasteiger partial charge < -0.3 is 10.1 Å². The summed E-state index contributed by atoms with van der Waals surface area (Å²) in [5.41, 5.74) is 0.809. The molecule has 0 radical (unpaired) electrons. The molecule has 7 heteroatoms. The highest BCUT2D eigenvalue weighted by atomic mass is 16.6. The second kappa shape index (κ2) is 6.65. The van der Waals surface area contributed by atoms with Crippen LogP contribution in [-0.4, -0.2) is 28.0 Å². The Kier molecular flexibility index (Phi) is 4.65. The zero-order valence-corrected chi connectivity index (χ0v) is 11.9. The van der Waals surface area contributed by atoms with Crippen LogP contribution in [0.5, 0.6) is 5.75 Å². The molecule has 0 aliphatic rings. The molecule has 0 saturated carbocycles. The number of nitro groups is 1. The van der Waals surface area contributed by atoms with E-state index < -0.39 is 4.92 Å². The summed E-state index contributed by atoms with van der Waals surface area (Å²) in [6.07, 6.45) is 1.32. The van der Waals surface area contributed by atoms with Crippen LogP contribution in [0.1, 0.15) is 13.8 Å². The fourth-order valence-electron chi connectivity index (χ4n) is 1.94. The van der Waals surface area contributed by atoms with Gasteiger partial charge in [-0.3, -0.25) is 10.1 Å². The highest BCUT2D eigenvalue weighted by Crippen LogP contribution is 2.33. The fourth-order valence-corrected chi connectivity index (χ4v) is 1.94. The topological polar surface area (TPSA) is 90.2 Å². The molecule has 0 saturated heterocycles. The van der Waals surface area contributed by atoms with E-state index in [1.807, 2.05) is 13.8 Å². The fraction of sp³-hybridized carbons (Fsp3) is 0.286. The molecule has 7 nitrogen and oxygen atoms in total. The summed E-state index contributed by atoms with van der Waals surface area (Å²) in [5.74, 6) is 0.936. The van der Waals surface area contributed by atoms with Gasteiger partial charge in [-0.1, -0.05) is 0 Å². The predicted octanol–water partition coefficient (Wildman–Crippen LogP) is 2.88. The van der Waals surface area contributed by atoms with Crippen molar-refractivity contribution in [2.45, 2.75) is 13.8 Å². The van der Waals surface area contributed by atoms with Crippen molar-refractivity contribution < 1.29 is 9.66 Å². The number of rotatable bonds is 6. The molecule has 1 aromatic carbocycles. The second-order valence-corrected chi connectivity index (χ2v) is 4.16. The first kappa shape index (κ1) is 14.7. The van der Waals surface area contributed by atoms with Gasteiger partial charge in [-0.05, 0) is 38.1 Å². The first-order valence-electron chi connectivity index (χ1n) is 6.63. The van der Waals surface area contributed by atoms with E-state index in [1.54, 1.807) is 24.3 Å². The van der Waals surface area contributed by atoms with E-state index in [0.717, 1.165) is 0 Å². The van der Waals surface area contributed by atoms with Gasteiger partial charge in [0, 0.05) is 12.1 Å². The largest absolute Gasteiger partial charge is 0.494 e. The molecule has 0 aliphatic heterocycles. The number of benzene rings is 1. The maximum atomic E-state index is 11.3. The lowest BCUT2D eigenvalue weighted by Gasteiger charge is -2.08. The third-order valence-corrected chi connectivity index (χ3v) is 2.79. The second-order valence-electron chi connectivity index (χ2n) is 4.16. The molecule has 1 N–H and O–H groups in total. The Morgan fingerprint density at radius 2 is 1.95 bits per heavy atom. The van der Waals surface area contributed by atoms with E-state index in [9.17, 15) is 10.1 Å². The van der Waals surface area contributed by atoms with Crippen molar-refractivity contribution in [2.75, 3.05) is 18.5 Å². The summed E-state index contributed by atoms with van der Waals surface area (Å²) < 4.78 is 5.36. The lowest BCUT2D eigenvalue weighted by Crippen LogP contribution is -2.06. The molecule has 1 heterocycles. The summed E-state index contributed by atoms with van der Waals surface area (Å²) >= 11 is 0. The van der Waals surface area contributed by atoms with Crippen molar-refractivity contribution in [1.29, 1.82) is 0 Å². The van der Waals surface area contributed by atoms with Gasteiger partial charge in [-0.25, -0.2) is 9.97 Å². The van der Waals surface area contributed by atoms with Crippen molar-refractivity contribution >= 4 is 11.5 Å². The molecular weight excluding hydrogens is 272 g/mol. The lowest BCUT2D eigenvalue weighted by atomic mass is 10.1. The smallest absolute Gasteiger partial charge is 0.337 e. The van der Waals surface area contributed by atoms with Crippen LogP contribution >= 0.6 is 0 Å². The number of ether oxygens (including phenoxy) is 1. The van der Waals surface area contributed by atoms with Crippen molar-refractivity contribution in [3.8, 4) is 17.0 Å². The van der Waals surface area contributed by atoms with Crippen molar-refractivity contribution in [2.24, 2.45) is 0 Å².